The van der Waals surface area contributed by atoms with Crippen molar-refractivity contribution in [2.45, 2.75) is 13.3 Å². The Kier molecular flexibility index (Phi) is 2.40. The first kappa shape index (κ1) is 5.43. The molecule has 0 aromatic heterocycles. The molecule has 0 aliphatic rings. The van der Waals surface area contributed by atoms with Crippen LogP contribution in [0.4, 0.5) is 0 Å². The van der Waals surface area contributed by atoms with Crippen LogP contribution in [0.1, 0.15) is 13.3 Å². The second-order valence-corrected chi connectivity index (χ2v) is 0.879. The Morgan fingerprint density at radius 2 is 2.50 bits per heavy atom. The van der Waals surface area contributed by atoms with Crippen molar-refractivity contribution in [1.29, 1.82) is 0 Å². The van der Waals surface area contributed by atoms with Gasteiger partial charge in [-0.3, -0.25) is 4.79 Å². The highest BCUT2D eigenvalue weighted by molar-refractivity contribution is 5.75. The maximum Gasteiger partial charge on any atom is 0.209 e. The summed E-state index contributed by atoms with van der Waals surface area (Å²) in [6.45, 7) is 1.62. The van der Waals surface area contributed by atoms with Crippen LogP contribution in [0, 0.1) is 5.21 Å². The Morgan fingerprint density at radius 1 is 2.00 bits per heavy atom. The van der Waals surface area contributed by atoms with Gasteiger partial charge in [-0.05, 0) is 0 Å². The van der Waals surface area contributed by atoms with Crippen LogP contribution in [-0.4, -0.2) is 5.91 Å². The molecule has 0 bridgehead atoms. The van der Waals surface area contributed by atoms with Crippen LogP contribution in [0.3, 0.4) is 0 Å². The van der Waals surface area contributed by atoms with Gasteiger partial charge in [-0.1, -0.05) is 6.92 Å². The lowest BCUT2D eigenvalue weighted by Gasteiger charge is -2.01. The van der Waals surface area contributed by atoms with E-state index in [1.165, 1.54) is 5.48 Å². The lowest BCUT2D eigenvalue weighted by molar-refractivity contribution is -0.119. The predicted octanol–water partition coefficient (Wildman–Crippen LogP) is 0.0104. The molecule has 0 aliphatic carbocycles. The van der Waals surface area contributed by atoms with Crippen molar-refractivity contribution in [1.82, 2.24) is 5.48 Å². The Bertz CT molecular complexity index is 46.8. The maximum atomic E-state index is 9.76. The van der Waals surface area contributed by atoms with Crippen LogP contribution in [0.15, 0.2) is 0 Å². The van der Waals surface area contributed by atoms with Crippen LogP contribution >= 0.6 is 0 Å². The third-order valence-electron chi connectivity index (χ3n) is 0.435. The molecule has 0 saturated heterocycles. The molecule has 3 nitrogen and oxygen atoms in total. The van der Waals surface area contributed by atoms with Crippen molar-refractivity contribution < 1.29 is 4.79 Å². The molecular formula is C3H6NO2-. The fourth-order valence-electron chi connectivity index (χ4n) is 0.0722. The molecule has 0 heterocycles. The van der Waals surface area contributed by atoms with Crippen LogP contribution in [0.2, 0.25) is 0 Å². The van der Waals surface area contributed by atoms with E-state index in [4.69, 9.17) is 0 Å². The molecule has 0 saturated carbocycles. The number of hydrogen-bond acceptors (Lipinski definition) is 2. The second-order valence-electron chi connectivity index (χ2n) is 0.879. The van der Waals surface area contributed by atoms with Crippen LogP contribution in [0.25, 0.3) is 0 Å². The van der Waals surface area contributed by atoms with E-state index in [-0.39, 0.29) is 6.42 Å². The topological polar surface area (TPSA) is 52.2 Å². The number of rotatable bonds is 1. The van der Waals surface area contributed by atoms with Crippen LogP contribution in [0.5, 0.6) is 0 Å². The van der Waals surface area contributed by atoms with E-state index in [1.807, 2.05) is 0 Å². The Balaban J connectivity index is 2.99. The molecule has 0 aromatic carbocycles. The standard InChI is InChI=1S/C3H6NO2/c1-2-3(5)4-6/h2H2,1H3,(H-,4,5,6)/q-1. The first-order chi connectivity index (χ1) is 2.81. The van der Waals surface area contributed by atoms with Gasteiger partial charge in [0, 0.05) is 6.42 Å². The molecule has 0 rings (SSSR count). The quantitative estimate of drug-likeness (QED) is 0.459. The van der Waals surface area contributed by atoms with Crippen LogP contribution < -0.4 is 5.48 Å². The highest BCUT2D eigenvalue weighted by Gasteiger charge is 1.80. The van der Waals surface area contributed by atoms with Gasteiger partial charge in [0.1, 0.15) is 0 Å². The van der Waals surface area contributed by atoms with E-state index in [2.05, 4.69) is 0 Å². The minimum absolute atomic E-state index is 0.267. The van der Waals surface area contributed by atoms with E-state index in [1.54, 1.807) is 6.92 Å². The lowest BCUT2D eigenvalue weighted by atomic mass is 10.5. The average Bonchev–Trinajstić information content (AvgIpc) is 1.65. The van der Waals surface area contributed by atoms with Gasteiger partial charge < -0.3 is 10.7 Å². The molecule has 0 fully saturated rings. The summed E-state index contributed by atoms with van der Waals surface area (Å²) in [5, 5.41) is 9.26. The summed E-state index contributed by atoms with van der Waals surface area (Å²) in [6.07, 6.45) is 0.267. The summed E-state index contributed by atoms with van der Waals surface area (Å²) in [5.41, 5.74) is 1.23. The summed E-state index contributed by atoms with van der Waals surface area (Å²) < 4.78 is 0. The third kappa shape index (κ3) is 1.72. The first-order valence-electron chi connectivity index (χ1n) is 1.72. The Labute approximate surface area is 35.9 Å². The number of hydroxylamine groups is 1. The molecule has 3 heteroatoms. The lowest BCUT2D eigenvalue weighted by Crippen LogP contribution is -2.13. The van der Waals surface area contributed by atoms with E-state index < -0.39 is 5.91 Å². The van der Waals surface area contributed by atoms with E-state index in [0.29, 0.717) is 0 Å². The first-order valence-corrected chi connectivity index (χ1v) is 1.72. The Morgan fingerprint density at radius 3 is 2.50 bits per heavy atom. The summed E-state index contributed by atoms with van der Waals surface area (Å²) in [5.74, 6) is -0.463. The van der Waals surface area contributed by atoms with Crippen molar-refractivity contribution in [2.24, 2.45) is 0 Å². The van der Waals surface area contributed by atoms with Gasteiger partial charge in [0.05, 0.1) is 0 Å². The molecule has 1 amide bonds. The van der Waals surface area contributed by atoms with Gasteiger partial charge in [-0.2, -0.15) is 0 Å². The molecule has 1 N–H and O–H groups in total. The van der Waals surface area contributed by atoms with Gasteiger partial charge in [0.2, 0.25) is 5.91 Å². The number of nitrogens with one attached hydrogen (secondary N) is 1. The van der Waals surface area contributed by atoms with Crippen molar-refractivity contribution >= 4 is 5.91 Å². The zero-order chi connectivity index (χ0) is 4.99. The van der Waals surface area contributed by atoms with Crippen LogP contribution in [-0.2, 0) is 4.79 Å². The number of carbonyl (C=O) groups is 1. The third-order valence-corrected chi connectivity index (χ3v) is 0.435. The fraction of sp³-hybridized carbons (Fsp3) is 0.667. The zero-order valence-corrected chi connectivity index (χ0v) is 3.52. The summed E-state index contributed by atoms with van der Waals surface area (Å²) in [7, 11) is 0. The van der Waals surface area contributed by atoms with E-state index in [9.17, 15) is 10.0 Å². The minimum Gasteiger partial charge on any atom is -0.759 e. The average molecular weight is 88.1 g/mol. The highest BCUT2D eigenvalue weighted by atomic mass is 16.5. The van der Waals surface area contributed by atoms with Crippen molar-refractivity contribution in [2.75, 3.05) is 0 Å². The van der Waals surface area contributed by atoms with E-state index >= 15 is 0 Å². The predicted molar refractivity (Wildman–Crippen MR) is 21.8 cm³/mol. The highest BCUT2D eigenvalue weighted by Crippen LogP contribution is 1.68. The monoisotopic (exact) mass is 88.0 g/mol. The summed E-state index contributed by atoms with van der Waals surface area (Å²) in [4.78, 5) is 9.76. The molecule has 0 radical (unpaired) electrons. The minimum atomic E-state index is -0.463. The van der Waals surface area contributed by atoms with Gasteiger partial charge in [-0.15, -0.1) is 0 Å². The second kappa shape index (κ2) is 2.66. The largest absolute Gasteiger partial charge is 0.759 e. The summed E-state index contributed by atoms with van der Waals surface area (Å²) >= 11 is 0. The van der Waals surface area contributed by atoms with E-state index in [0.717, 1.165) is 0 Å². The van der Waals surface area contributed by atoms with Crippen molar-refractivity contribution in [3.63, 3.8) is 0 Å². The van der Waals surface area contributed by atoms with Gasteiger partial charge in [0.25, 0.3) is 0 Å². The molecule has 6 heavy (non-hydrogen) atoms. The fourth-order valence-corrected chi connectivity index (χ4v) is 0.0722. The molecule has 0 aromatic rings. The summed E-state index contributed by atoms with van der Waals surface area (Å²) in [6, 6.07) is 0. The van der Waals surface area contributed by atoms with Gasteiger partial charge in [0.15, 0.2) is 0 Å². The van der Waals surface area contributed by atoms with Gasteiger partial charge in [-0.25, -0.2) is 0 Å². The molecule has 0 aliphatic heterocycles. The molecule has 36 valence electrons. The Hall–Kier alpha value is -0.570. The normalized spacial score (nSPS) is 7.67. The smallest absolute Gasteiger partial charge is 0.209 e. The van der Waals surface area contributed by atoms with Crippen molar-refractivity contribution in [3.8, 4) is 0 Å². The van der Waals surface area contributed by atoms with Crippen molar-refractivity contribution in [3.05, 3.63) is 5.21 Å². The van der Waals surface area contributed by atoms with Gasteiger partial charge >= 0.3 is 0 Å². The molecule has 0 unspecified atom stereocenters. The number of carbonyl (C=O) groups excluding carboxylic acids is 1. The number of hydrogen-bond donors (Lipinski definition) is 1. The zero-order valence-electron chi connectivity index (χ0n) is 3.52. The SMILES string of the molecule is CCC(=O)N[O-]. The molecule has 0 atom stereocenters. The maximum absolute atomic E-state index is 9.76. The molecule has 0 spiro atoms. The number of amides is 1. The molecular weight excluding hydrogens is 82.0 g/mol.